The monoisotopic (exact) mass is 228 g/mol. The molecule has 1 aromatic rings. The van der Waals surface area contributed by atoms with Crippen molar-refractivity contribution < 1.29 is 0 Å². The van der Waals surface area contributed by atoms with Gasteiger partial charge in [-0.1, -0.05) is 29.9 Å². The molecule has 0 saturated heterocycles. The number of fused-ring (bicyclic) bond motifs is 1. The van der Waals surface area contributed by atoms with Crippen molar-refractivity contribution in [2.45, 2.75) is 12.1 Å². The lowest BCUT2D eigenvalue weighted by molar-refractivity contribution is 0.842. The van der Waals surface area contributed by atoms with Gasteiger partial charge in [-0.25, -0.2) is 4.68 Å². The van der Waals surface area contributed by atoms with Crippen molar-refractivity contribution >= 4 is 35.0 Å². The van der Waals surface area contributed by atoms with Crippen molar-refractivity contribution in [3.05, 3.63) is 17.3 Å². The van der Waals surface area contributed by atoms with Gasteiger partial charge in [0.1, 0.15) is 0 Å². The molecule has 4 nitrogen and oxygen atoms in total. The Morgan fingerprint density at radius 1 is 1.57 bits per heavy atom. The highest BCUT2D eigenvalue weighted by molar-refractivity contribution is 7.98. The lowest BCUT2D eigenvalue weighted by atomic mass is 10.3. The van der Waals surface area contributed by atoms with E-state index in [2.05, 4.69) is 22.0 Å². The molecule has 0 bridgehead atoms. The number of thioether (sulfide) groups is 1. The quantitative estimate of drug-likeness (QED) is 0.750. The van der Waals surface area contributed by atoms with Crippen molar-refractivity contribution in [2.24, 2.45) is 0 Å². The summed E-state index contributed by atoms with van der Waals surface area (Å²) in [6.07, 6.45) is 1.93. The topological polar surface area (TPSA) is 42.7 Å². The average molecular weight is 229 g/mol. The van der Waals surface area contributed by atoms with Crippen molar-refractivity contribution in [3.8, 4) is 0 Å². The van der Waals surface area contributed by atoms with E-state index in [0.29, 0.717) is 21.8 Å². The van der Waals surface area contributed by atoms with Crippen LogP contribution in [0.15, 0.2) is 22.5 Å². The Kier molecular flexibility index (Phi) is 2.28. The van der Waals surface area contributed by atoms with E-state index in [0.717, 1.165) is 5.70 Å². The van der Waals surface area contributed by atoms with Gasteiger partial charge < -0.3 is 5.32 Å². The molecule has 1 N–H and O–H groups in total. The summed E-state index contributed by atoms with van der Waals surface area (Å²) in [5.74, 6) is 0.668. The second-order valence-corrected chi connectivity index (χ2v) is 3.99. The second kappa shape index (κ2) is 3.33. The van der Waals surface area contributed by atoms with E-state index in [9.17, 15) is 0 Å². The first kappa shape index (κ1) is 9.61. The molecule has 1 aliphatic rings. The van der Waals surface area contributed by atoms with Gasteiger partial charge in [-0.05, 0) is 13.2 Å². The Morgan fingerprint density at radius 3 is 2.93 bits per heavy atom. The number of hydrogen-bond donors (Lipinski definition) is 1. The number of nitrogens with zero attached hydrogens (tertiary/aromatic N) is 3. The first-order valence-electron chi connectivity index (χ1n) is 3.97. The van der Waals surface area contributed by atoms with E-state index < -0.39 is 0 Å². The van der Waals surface area contributed by atoms with Crippen molar-refractivity contribution in [2.75, 3.05) is 11.6 Å². The number of hydrogen-bond acceptors (Lipinski definition) is 4. The first-order chi connectivity index (χ1) is 6.63. The molecule has 74 valence electrons. The zero-order valence-corrected chi connectivity index (χ0v) is 9.41. The Hall–Kier alpha value is -0.940. The van der Waals surface area contributed by atoms with Crippen LogP contribution in [0.25, 0.3) is 5.70 Å². The molecule has 1 aliphatic heterocycles. The molecule has 2 rings (SSSR count). The predicted octanol–water partition coefficient (Wildman–Crippen LogP) is 2.37. The normalized spacial score (nSPS) is 15.5. The van der Waals surface area contributed by atoms with Gasteiger partial charge in [-0.3, -0.25) is 0 Å². The van der Waals surface area contributed by atoms with Crippen LogP contribution in [0.5, 0.6) is 0 Å². The summed E-state index contributed by atoms with van der Waals surface area (Å²) >= 11 is 7.51. The van der Waals surface area contributed by atoms with Crippen LogP contribution < -0.4 is 5.32 Å². The van der Waals surface area contributed by atoms with Gasteiger partial charge in [0.05, 0.1) is 16.4 Å². The zero-order chi connectivity index (χ0) is 10.3. The van der Waals surface area contributed by atoms with Crippen LogP contribution in [0.3, 0.4) is 0 Å². The molecule has 14 heavy (non-hydrogen) atoms. The van der Waals surface area contributed by atoms with E-state index in [1.54, 1.807) is 4.68 Å². The molecule has 0 atom stereocenters. The summed E-state index contributed by atoms with van der Waals surface area (Å²) in [5, 5.41) is 8.55. The summed E-state index contributed by atoms with van der Waals surface area (Å²) in [6, 6.07) is 0. The second-order valence-electron chi connectivity index (χ2n) is 2.84. The third-order valence-corrected chi connectivity index (χ3v) is 2.97. The third kappa shape index (κ3) is 1.33. The highest BCUT2D eigenvalue weighted by Crippen LogP contribution is 2.30. The van der Waals surface area contributed by atoms with Crippen LogP contribution >= 0.6 is 23.4 Å². The maximum Gasteiger partial charge on any atom is 0.231 e. The summed E-state index contributed by atoms with van der Waals surface area (Å²) in [7, 11) is 0. The van der Waals surface area contributed by atoms with Gasteiger partial charge in [0.25, 0.3) is 0 Å². The summed E-state index contributed by atoms with van der Waals surface area (Å²) < 4.78 is 1.68. The molecular weight excluding hydrogens is 220 g/mol. The van der Waals surface area contributed by atoms with Crippen LogP contribution in [-0.2, 0) is 0 Å². The van der Waals surface area contributed by atoms with Crippen LogP contribution in [0.1, 0.15) is 6.92 Å². The smallest absolute Gasteiger partial charge is 0.231 e. The molecule has 0 radical (unpaired) electrons. The minimum atomic E-state index is 0.593. The summed E-state index contributed by atoms with van der Waals surface area (Å²) in [4.78, 5) is 4.25. The number of anilines is 1. The molecule has 0 saturated carbocycles. The van der Waals surface area contributed by atoms with E-state index in [1.807, 2.05) is 13.2 Å². The highest BCUT2D eigenvalue weighted by Gasteiger charge is 2.20. The summed E-state index contributed by atoms with van der Waals surface area (Å²) in [6.45, 7) is 5.68. The molecule has 2 heterocycles. The lowest BCUT2D eigenvalue weighted by Crippen LogP contribution is -2.14. The Balaban J connectivity index is 2.57. The van der Waals surface area contributed by atoms with E-state index in [-0.39, 0.29) is 0 Å². The zero-order valence-electron chi connectivity index (χ0n) is 7.83. The van der Waals surface area contributed by atoms with Gasteiger partial charge in [0, 0.05) is 0 Å². The van der Waals surface area contributed by atoms with E-state index in [4.69, 9.17) is 11.6 Å². The van der Waals surface area contributed by atoms with E-state index >= 15 is 0 Å². The minimum absolute atomic E-state index is 0.593. The number of allylic oxidation sites excluding steroid dienone is 2. The number of halogens is 1. The third-order valence-electron chi connectivity index (χ3n) is 1.93. The average Bonchev–Trinajstić information content (AvgIpc) is 2.57. The molecule has 0 fully saturated rings. The molecule has 0 unspecified atom stereocenters. The number of rotatable bonds is 1. The highest BCUT2D eigenvalue weighted by atomic mass is 35.5. The Morgan fingerprint density at radius 2 is 2.29 bits per heavy atom. The molecule has 0 amide bonds. The standard InChI is InChI=1S/C8H9ClN4S/c1-4-6(9)5(2)13-7(10-4)11-8(12-13)14-3/h1H2,2-3H3,(H,10,11,12). The Bertz CT molecular complexity index is 435. The lowest BCUT2D eigenvalue weighted by Gasteiger charge is -2.17. The van der Waals surface area contributed by atoms with Gasteiger partial charge in [-0.15, -0.1) is 5.10 Å². The van der Waals surface area contributed by atoms with Gasteiger partial charge in [0.15, 0.2) is 0 Å². The maximum absolute atomic E-state index is 6.02. The molecule has 0 spiro atoms. The van der Waals surface area contributed by atoms with Crippen molar-refractivity contribution in [1.82, 2.24) is 14.8 Å². The molecule has 0 aliphatic carbocycles. The predicted molar refractivity (Wildman–Crippen MR) is 59.3 cm³/mol. The number of aromatic nitrogens is 3. The van der Waals surface area contributed by atoms with Gasteiger partial charge in [-0.2, -0.15) is 4.98 Å². The molecule has 0 aromatic carbocycles. The van der Waals surface area contributed by atoms with Crippen LogP contribution in [0.2, 0.25) is 0 Å². The largest absolute Gasteiger partial charge is 0.323 e. The van der Waals surface area contributed by atoms with Crippen LogP contribution in [0, 0.1) is 0 Å². The van der Waals surface area contributed by atoms with Crippen molar-refractivity contribution in [1.29, 1.82) is 0 Å². The fourth-order valence-corrected chi connectivity index (χ4v) is 1.66. The fraction of sp³-hybridized carbons (Fsp3) is 0.250. The van der Waals surface area contributed by atoms with Gasteiger partial charge in [0.2, 0.25) is 11.1 Å². The first-order valence-corrected chi connectivity index (χ1v) is 5.58. The SMILES string of the molecule is C=C1Nc2nc(SC)nn2C(C)=C1Cl. The van der Waals surface area contributed by atoms with Crippen LogP contribution in [-0.4, -0.2) is 21.0 Å². The minimum Gasteiger partial charge on any atom is -0.323 e. The van der Waals surface area contributed by atoms with Crippen LogP contribution in [0.4, 0.5) is 5.95 Å². The molecular formula is C8H9ClN4S. The molecule has 6 heteroatoms. The van der Waals surface area contributed by atoms with Gasteiger partial charge >= 0.3 is 0 Å². The fourth-order valence-electron chi connectivity index (χ4n) is 1.20. The molecule has 1 aromatic heterocycles. The van der Waals surface area contributed by atoms with Crippen molar-refractivity contribution in [3.63, 3.8) is 0 Å². The maximum atomic E-state index is 6.02. The van der Waals surface area contributed by atoms with E-state index in [1.165, 1.54) is 11.8 Å². The number of nitrogens with one attached hydrogen (secondary N) is 1. The summed E-state index contributed by atoms with van der Waals surface area (Å²) in [5.41, 5.74) is 1.51. The Labute approximate surface area is 91.0 Å².